The Bertz CT molecular complexity index is 296. The summed E-state index contributed by atoms with van der Waals surface area (Å²) in [5.74, 6) is 0.520. The van der Waals surface area contributed by atoms with Gasteiger partial charge in [-0.2, -0.15) is 5.10 Å². The molecule has 0 aliphatic heterocycles. The van der Waals surface area contributed by atoms with Gasteiger partial charge in [0.1, 0.15) is 0 Å². The maximum atomic E-state index is 8.76. The molecule has 4 nitrogen and oxygen atoms in total. The maximum absolute atomic E-state index is 8.76. The van der Waals surface area contributed by atoms with E-state index in [9.17, 15) is 0 Å². The van der Waals surface area contributed by atoms with E-state index in [1.165, 1.54) is 5.56 Å². The van der Waals surface area contributed by atoms with Gasteiger partial charge in [-0.15, -0.1) is 0 Å². The zero-order valence-electron chi connectivity index (χ0n) is 9.82. The molecule has 0 aliphatic carbocycles. The van der Waals surface area contributed by atoms with Crippen LogP contribution in [0.25, 0.3) is 0 Å². The van der Waals surface area contributed by atoms with Crippen molar-refractivity contribution in [1.29, 1.82) is 0 Å². The Morgan fingerprint density at radius 2 is 2.33 bits per heavy atom. The highest BCUT2D eigenvalue weighted by atomic mass is 16.3. The normalized spacial score (nSPS) is 13.1. The van der Waals surface area contributed by atoms with Gasteiger partial charge in [-0.05, 0) is 25.8 Å². The molecule has 0 bridgehead atoms. The van der Waals surface area contributed by atoms with E-state index in [1.807, 2.05) is 24.9 Å². The molecule has 1 atom stereocenters. The number of aliphatic hydroxyl groups excluding tert-OH is 1. The van der Waals surface area contributed by atoms with Gasteiger partial charge in [0.05, 0.1) is 5.69 Å². The number of nitrogens with zero attached hydrogens (tertiary/aromatic N) is 2. The van der Waals surface area contributed by atoms with Gasteiger partial charge in [0, 0.05) is 32.0 Å². The summed E-state index contributed by atoms with van der Waals surface area (Å²) in [6.07, 6.45) is 2.90. The minimum absolute atomic E-state index is 0.273. The molecule has 86 valence electrons. The smallest absolute Gasteiger partial charge is 0.0638 e. The van der Waals surface area contributed by atoms with Crippen LogP contribution in [0.5, 0.6) is 0 Å². The van der Waals surface area contributed by atoms with E-state index in [-0.39, 0.29) is 6.61 Å². The number of rotatable bonds is 6. The molecule has 0 aromatic carbocycles. The van der Waals surface area contributed by atoms with Gasteiger partial charge in [-0.25, -0.2) is 0 Å². The fourth-order valence-electron chi connectivity index (χ4n) is 1.60. The second-order valence-corrected chi connectivity index (χ2v) is 4.16. The van der Waals surface area contributed by atoms with E-state index in [4.69, 9.17) is 5.11 Å². The largest absolute Gasteiger partial charge is 0.396 e. The Labute approximate surface area is 91.3 Å². The maximum Gasteiger partial charge on any atom is 0.0638 e. The van der Waals surface area contributed by atoms with Crippen LogP contribution < -0.4 is 5.32 Å². The van der Waals surface area contributed by atoms with Crippen molar-refractivity contribution in [2.24, 2.45) is 13.0 Å². The number of hydrogen-bond acceptors (Lipinski definition) is 3. The summed E-state index contributed by atoms with van der Waals surface area (Å²) in [6, 6.07) is 0. The minimum Gasteiger partial charge on any atom is -0.396 e. The van der Waals surface area contributed by atoms with Crippen LogP contribution in [0.1, 0.15) is 24.6 Å². The van der Waals surface area contributed by atoms with Gasteiger partial charge in [0.15, 0.2) is 0 Å². The fourth-order valence-corrected chi connectivity index (χ4v) is 1.60. The number of hydrogen-bond donors (Lipinski definition) is 2. The molecular weight excluding hydrogens is 190 g/mol. The standard InChI is InChI=1S/C11H21N3O/c1-9(4-5-15)6-12-7-11-8-14(3)13-10(11)2/h8-9,12,15H,4-7H2,1-3H3. The molecule has 15 heavy (non-hydrogen) atoms. The Kier molecular flexibility index (Phi) is 4.78. The summed E-state index contributed by atoms with van der Waals surface area (Å²) in [5, 5.41) is 16.4. The summed E-state index contributed by atoms with van der Waals surface area (Å²) in [5.41, 5.74) is 2.33. The third kappa shape index (κ3) is 4.01. The number of nitrogens with one attached hydrogen (secondary N) is 1. The molecule has 0 amide bonds. The highest BCUT2D eigenvalue weighted by Crippen LogP contribution is 2.04. The highest BCUT2D eigenvalue weighted by Gasteiger charge is 2.04. The first-order chi connectivity index (χ1) is 7.13. The van der Waals surface area contributed by atoms with Gasteiger partial charge in [-0.1, -0.05) is 6.92 Å². The molecule has 0 saturated carbocycles. The zero-order valence-corrected chi connectivity index (χ0v) is 9.82. The lowest BCUT2D eigenvalue weighted by Crippen LogP contribution is -2.21. The summed E-state index contributed by atoms with van der Waals surface area (Å²) < 4.78 is 1.84. The first-order valence-electron chi connectivity index (χ1n) is 5.44. The van der Waals surface area contributed by atoms with Crippen molar-refractivity contribution in [3.63, 3.8) is 0 Å². The summed E-state index contributed by atoms with van der Waals surface area (Å²) in [7, 11) is 1.94. The molecule has 1 aromatic rings. The SMILES string of the molecule is Cc1nn(C)cc1CNCC(C)CCO. The molecule has 0 spiro atoms. The lowest BCUT2D eigenvalue weighted by molar-refractivity contribution is 0.260. The van der Waals surface area contributed by atoms with Crippen LogP contribution in [-0.2, 0) is 13.6 Å². The lowest BCUT2D eigenvalue weighted by Gasteiger charge is -2.10. The van der Waals surface area contributed by atoms with E-state index < -0.39 is 0 Å². The number of aromatic nitrogens is 2. The molecule has 4 heteroatoms. The second kappa shape index (κ2) is 5.88. The quantitative estimate of drug-likeness (QED) is 0.733. The van der Waals surface area contributed by atoms with E-state index in [1.54, 1.807) is 0 Å². The predicted molar refractivity (Wildman–Crippen MR) is 60.5 cm³/mol. The molecular formula is C11H21N3O. The van der Waals surface area contributed by atoms with Gasteiger partial charge in [-0.3, -0.25) is 4.68 Å². The topological polar surface area (TPSA) is 50.1 Å². The van der Waals surface area contributed by atoms with E-state index in [0.29, 0.717) is 5.92 Å². The van der Waals surface area contributed by atoms with E-state index in [0.717, 1.165) is 25.2 Å². The monoisotopic (exact) mass is 211 g/mol. The summed E-state index contributed by atoms with van der Waals surface area (Å²) in [6.45, 7) is 6.23. The van der Waals surface area contributed by atoms with Gasteiger partial charge < -0.3 is 10.4 Å². The zero-order chi connectivity index (χ0) is 11.3. The molecule has 0 saturated heterocycles. The Morgan fingerprint density at radius 1 is 1.60 bits per heavy atom. The van der Waals surface area contributed by atoms with Crippen LogP contribution in [0.3, 0.4) is 0 Å². The Morgan fingerprint density at radius 3 is 2.87 bits per heavy atom. The predicted octanol–water partition coefficient (Wildman–Crippen LogP) is 0.837. The van der Waals surface area contributed by atoms with Gasteiger partial charge in [0.25, 0.3) is 0 Å². The van der Waals surface area contributed by atoms with Crippen LogP contribution in [0.2, 0.25) is 0 Å². The van der Waals surface area contributed by atoms with Crippen molar-refractivity contribution < 1.29 is 5.11 Å². The third-order valence-electron chi connectivity index (χ3n) is 2.55. The van der Waals surface area contributed by atoms with Gasteiger partial charge >= 0.3 is 0 Å². The van der Waals surface area contributed by atoms with Crippen molar-refractivity contribution in [1.82, 2.24) is 15.1 Å². The van der Waals surface area contributed by atoms with Crippen molar-refractivity contribution in [2.75, 3.05) is 13.2 Å². The van der Waals surface area contributed by atoms with Crippen LogP contribution in [0.15, 0.2) is 6.20 Å². The van der Waals surface area contributed by atoms with E-state index >= 15 is 0 Å². The van der Waals surface area contributed by atoms with Crippen molar-refractivity contribution >= 4 is 0 Å². The number of aliphatic hydroxyl groups is 1. The third-order valence-corrected chi connectivity index (χ3v) is 2.55. The lowest BCUT2D eigenvalue weighted by atomic mass is 10.1. The molecule has 1 rings (SSSR count). The molecule has 0 aliphatic rings. The summed E-state index contributed by atoms with van der Waals surface area (Å²) in [4.78, 5) is 0. The molecule has 2 N–H and O–H groups in total. The Balaban J connectivity index is 2.28. The Hall–Kier alpha value is -0.870. The van der Waals surface area contributed by atoms with Crippen LogP contribution in [0, 0.1) is 12.8 Å². The number of aryl methyl sites for hydroxylation is 2. The summed E-state index contributed by atoms with van der Waals surface area (Å²) >= 11 is 0. The van der Waals surface area contributed by atoms with Gasteiger partial charge in [0.2, 0.25) is 0 Å². The highest BCUT2D eigenvalue weighted by molar-refractivity contribution is 5.14. The van der Waals surface area contributed by atoms with Crippen molar-refractivity contribution in [3.8, 4) is 0 Å². The molecule has 1 aromatic heterocycles. The van der Waals surface area contributed by atoms with Crippen LogP contribution in [0.4, 0.5) is 0 Å². The first kappa shape index (κ1) is 12.2. The average molecular weight is 211 g/mol. The minimum atomic E-state index is 0.273. The molecule has 0 fully saturated rings. The van der Waals surface area contributed by atoms with Crippen molar-refractivity contribution in [3.05, 3.63) is 17.5 Å². The van der Waals surface area contributed by atoms with Crippen LogP contribution in [-0.4, -0.2) is 28.0 Å². The second-order valence-electron chi connectivity index (χ2n) is 4.16. The van der Waals surface area contributed by atoms with Crippen molar-refractivity contribution in [2.45, 2.75) is 26.8 Å². The molecule has 0 radical (unpaired) electrons. The average Bonchev–Trinajstić information content (AvgIpc) is 2.46. The molecule has 1 heterocycles. The fraction of sp³-hybridized carbons (Fsp3) is 0.727. The van der Waals surface area contributed by atoms with Crippen LogP contribution >= 0.6 is 0 Å². The molecule has 1 unspecified atom stereocenters. The first-order valence-corrected chi connectivity index (χ1v) is 5.44. The van der Waals surface area contributed by atoms with E-state index in [2.05, 4.69) is 17.3 Å².